The predicted molar refractivity (Wildman–Crippen MR) is 90.1 cm³/mol. The number of pyridine rings is 1. The van der Waals surface area contributed by atoms with Crippen molar-refractivity contribution in [3.05, 3.63) is 47.9 Å². The first-order valence-corrected chi connectivity index (χ1v) is 8.25. The highest BCUT2D eigenvalue weighted by atomic mass is 15.3. The van der Waals surface area contributed by atoms with Crippen molar-refractivity contribution in [2.75, 3.05) is 0 Å². The fraction of sp³-hybridized carbons (Fsp3) is 0.412. The van der Waals surface area contributed by atoms with E-state index in [1.165, 1.54) is 5.56 Å². The van der Waals surface area contributed by atoms with E-state index in [0.29, 0.717) is 6.04 Å². The van der Waals surface area contributed by atoms with Crippen LogP contribution in [0.25, 0.3) is 11.3 Å². The Balaban J connectivity index is 1.48. The molecule has 124 valence electrons. The van der Waals surface area contributed by atoms with Crippen LogP contribution >= 0.6 is 0 Å². The summed E-state index contributed by atoms with van der Waals surface area (Å²) in [5.74, 6) is 2.09. The Hall–Kier alpha value is -2.54. The summed E-state index contributed by atoms with van der Waals surface area (Å²) >= 11 is 0. The molecule has 1 aliphatic rings. The lowest BCUT2D eigenvalue weighted by Crippen LogP contribution is -2.37. The topological polar surface area (TPSA) is 73.5 Å². The van der Waals surface area contributed by atoms with Crippen LogP contribution in [-0.2, 0) is 26.6 Å². The molecule has 7 nitrogen and oxygen atoms in total. The number of nitrogens with zero attached hydrogens (tertiary/aromatic N) is 6. The van der Waals surface area contributed by atoms with E-state index in [1.54, 1.807) is 6.20 Å². The second kappa shape index (κ2) is 6.16. The van der Waals surface area contributed by atoms with Gasteiger partial charge in [-0.1, -0.05) is 0 Å². The average molecular weight is 323 g/mol. The fourth-order valence-electron chi connectivity index (χ4n) is 3.30. The van der Waals surface area contributed by atoms with E-state index >= 15 is 0 Å². The maximum Gasteiger partial charge on any atom is 0.133 e. The average Bonchev–Trinajstić information content (AvgIpc) is 3.17. The third kappa shape index (κ3) is 2.82. The van der Waals surface area contributed by atoms with Gasteiger partial charge in [-0.05, 0) is 25.5 Å². The van der Waals surface area contributed by atoms with E-state index in [-0.39, 0.29) is 0 Å². The number of aromatic nitrogens is 6. The number of nitrogens with one attached hydrogen (secondary N) is 1. The van der Waals surface area contributed by atoms with E-state index in [2.05, 4.69) is 36.4 Å². The standard InChI is InChI=1S/C17H21N7/c1-12-20-21-16-6-5-15(11-24(12)16)19-9-14-10-23(2)22-17(14)13-4-3-7-18-8-13/h3-4,7-8,10,15,19H,5-6,9,11H2,1-2H3/t15-/m1/s1. The largest absolute Gasteiger partial charge is 0.314 e. The Morgan fingerprint density at radius 2 is 2.25 bits per heavy atom. The molecule has 4 heterocycles. The van der Waals surface area contributed by atoms with Crippen molar-refractivity contribution in [1.82, 2.24) is 34.8 Å². The first-order chi connectivity index (χ1) is 11.7. The van der Waals surface area contributed by atoms with Crippen molar-refractivity contribution in [3.8, 4) is 11.3 Å². The van der Waals surface area contributed by atoms with Crippen LogP contribution in [0, 0.1) is 6.92 Å². The molecule has 0 fully saturated rings. The summed E-state index contributed by atoms with van der Waals surface area (Å²) in [6.45, 7) is 3.73. The molecule has 1 N–H and O–H groups in total. The fourth-order valence-corrected chi connectivity index (χ4v) is 3.30. The van der Waals surface area contributed by atoms with Gasteiger partial charge in [-0.2, -0.15) is 5.10 Å². The van der Waals surface area contributed by atoms with Gasteiger partial charge >= 0.3 is 0 Å². The molecule has 1 atom stereocenters. The Bertz CT molecular complexity index is 834. The van der Waals surface area contributed by atoms with Crippen LogP contribution < -0.4 is 5.32 Å². The molecule has 0 radical (unpaired) electrons. The Labute approximate surface area is 140 Å². The molecular formula is C17H21N7. The van der Waals surface area contributed by atoms with Gasteiger partial charge in [0.1, 0.15) is 11.6 Å². The van der Waals surface area contributed by atoms with Gasteiger partial charge in [0.15, 0.2) is 0 Å². The second-order valence-corrected chi connectivity index (χ2v) is 6.31. The molecule has 0 bridgehead atoms. The van der Waals surface area contributed by atoms with Crippen molar-refractivity contribution in [3.63, 3.8) is 0 Å². The van der Waals surface area contributed by atoms with Crippen LogP contribution in [0.3, 0.4) is 0 Å². The van der Waals surface area contributed by atoms with Crippen molar-refractivity contribution < 1.29 is 0 Å². The lowest BCUT2D eigenvalue weighted by molar-refractivity contribution is 0.375. The monoisotopic (exact) mass is 323 g/mol. The zero-order valence-corrected chi connectivity index (χ0v) is 14.0. The first-order valence-electron chi connectivity index (χ1n) is 8.25. The van der Waals surface area contributed by atoms with Gasteiger partial charge < -0.3 is 9.88 Å². The van der Waals surface area contributed by atoms with Crippen LogP contribution in [0.1, 0.15) is 23.6 Å². The Morgan fingerprint density at radius 3 is 3.08 bits per heavy atom. The quantitative estimate of drug-likeness (QED) is 0.787. The van der Waals surface area contributed by atoms with Gasteiger partial charge in [0, 0.05) is 62.3 Å². The summed E-state index contributed by atoms with van der Waals surface area (Å²) < 4.78 is 4.08. The van der Waals surface area contributed by atoms with Gasteiger partial charge in [-0.15, -0.1) is 10.2 Å². The molecule has 7 heteroatoms. The van der Waals surface area contributed by atoms with Crippen LogP contribution in [0.5, 0.6) is 0 Å². The molecule has 0 amide bonds. The summed E-state index contributed by atoms with van der Waals surface area (Å²) in [6, 6.07) is 4.42. The van der Waals surface area contributed by atoms with Gasteiger partial charge in [0.25, 0.3) is 0 Å². The highest BCUT2D eigenvalue weighted by Crippen LogP contribution is 2.21. The predicted octanol–water partition coefficient (Wildman–Crippen LogP) is 1.49. The number of aryl methyl sites for hydroxylation is 3. The van der Waals surface area contributed by atoms with Crippen LogP contribution in [0.2, 0.25) is 0 Å². The third-order valence-corrected chi connectivity index (χ3v) is 4.55. The van der Waals surface area contributed by atoms with Crippen LogP contribution in [-0.4, -0.2) is 35.6 Å². The van der Waals surface area contributed by atoms with Crippen molar-refractivity contribution in [2.24, 2.45) is 7.05 Å². The Kier molecular flexibility index (Phi) is 3.86. The summed E-state index contributed by atoms with van der Waals surface area (Å²) in [5.41, 5.74) is 3.24. The van der Waals surface area contributed by atoms with Gasteiger partial charge in [0.2, 0.25) is 0 Å². The highest BCUT2D eigenvalue weighted by Gasteiger charge is 2.21. The van der Waals surface area contributed by atoms with Crippen LogP contribution in [0.4, 0.5) is 0 Å². The molecule has 3 aromatic heterocycles. The maximum absolute atomic E-state index is 4.60. The molecule has 24 heavy (non-hydrogen) atoms. The minimum Gasteiger partial charge on any atom is -0.314 e. The first kappa shape index (κ1) is 15.0. The molecule has 0 saturated heterocycles. The zero-order chi connectivity index (χ0) is 16.5. The van der Waals surface area contributed by atoms with E-state index < -0.39 is 0 Å². The summed E-state index contributed by atoms with van der Waals surface area (Å²) in [4.78, 5) is 4.20. The molecule has 0 unspecified atom stereocenters. The van der Waals surface area contributed by atoms with Crippen molar-refractivity contribution >= 4 is 0 Å². The summed E-state index contributed by atoms with van der Waals surface area (Å²) in [6.07, 6.45) is 7.78. The molecule has 4 rings (SSSR count). The number of fused-ring (bicyclic) bond motifs is 1. The molecule has 1 aliphatic heterocycles. The van der Waals surface area contributed by atoms with Gasteiger partial charge in [-0.25, -0.2) is 0 Å². The lowest BCUT2D eigenvalue weighted by atomic mass is 10.1. The Morgan fingerprint density at radius 1 is 1.33 bits per heavy atom. The summed E-state index contributed by atoms with van der Waals surface area (Å²) in [5, 5.41) is 16.7. The van der Waals surface area contributed by atoms with E-state index in [0.717, 1.165) is 48.8 Å². The summed E-state index contributed by atoms with van der Waals surface area (Å²) in [7, 11) is 1.96. The van der Waals surface area contributed by atoms with Crippen LogP contribution in [0.15, 0.2) is 30.7 Å². The minimum absolute atomic E-state index is 0.425. The third-order valence-electron chi connectivity index (χ3n) is 4.55. The number of hydrogen-bond donors (Lipinski definition) is 1. The van der Waals surface area contributed by atoms with Crippen molar-refractivity contribution in [2.45, 2.75) is 38.9 Å². The van der Waals surface area contributed by atoms with Gasteiger partial charge in [-0.3, -0.25) is 9.67 Å². The molecule has 0 aliphatic carbocycles. The highest BCUT2D eigenvalue weighted by molar-refractivity contribution is 5.61. The molecule has 0 saturated carbocycles. The van der Waals surface area contributed by atoms with E-state index in [1.807, 2.05) is 37.0 Å². The lowest BCUT2D eigenvalue weighted by Gasteiger charge is -2.25. The molecule has 3 aromatic rings. The normalized spacial score (nSPS) is 17.0. The van der Waals surface area contributed by atoms with Crippen molar-refractivity contribution in [1.29, 1.82) is 0 Å². The smallest absolute Gasteiger partial charge is 0.133 e. The van der Waals surface area contributed by atoms with Gasteiger partial charge in [0.05, 0.1) is 5.69 Å². The molecule has 0 aromatic carbocycles. The van der Waals surface area contributed by atoms with E-state index in [4.69, 9.17) is 0 Å². The zero-order valence-electron chi connectivity index (χ0n) is 14.0. The molecule has 0 spiro atoms. The van der Waals surface area contributed by atoms with E-state index in [9.17, 15) is 0 Å². The SMILES string of the molecule is Cc1nnc2n1C[C@H](NCc1cn(C)nc1-c1cccnc1)CC2. The number of rotatable bonds is 4. The second-order valence-electron chi connectivity index (χ2n) is 6.31. The maximum atomic E-state index is 4.60. The number of hydrogen-bond acceptors (Lipinski definition) is 5. The molecular weight excluding hydrogens is 302 g/mol. The minimum atomic E-state index is 0.425.